The van der Waals surface area contributed by atoms with Crippen LogP contribution in [0.15, 0.2) is 0 Å². The molecular formula is C12H21NO5. The fraction of sp³-hybridized carbons (Fsp3) is 0.750. The van der Waals surface area contributed by atoms with Crippen molar-refractivity contribution in [3.63, 3.8) is 0 Å². The van der Waals surface area contributed by atoms with E-state index in [1.165, 1.54) is 25.9 Å². The Morgan fingerprint density at radius 1 is 1.28 bits per heavy atom. The summed E-state index contributed by atoms with van der Waals surface area (Å²) in [6, 6.07) is -0.193. The van der Waals surface area contributed by atoms with Crippen molar-refractivity contribution in [3.8, 4) is 0 Å². The summed E-state index contributed by atoms with van der Waals surface area (Å²) in [5, 5.41) is 8.98. The van der Waals surface area contributed by atoms with Gasteiger partial charge in [-0.15, -0.1) is 0 Å². The van der Waals surface area contributed by atoms with Gasteiger partial charge in [0.2, 0.25) is 5.91 Å². The number of methoxy groups -OCH3 is 1. The molecule has 0 heterocycles. The predicted molar refractivity (Wildman–Crippen MR) is 64.9 cm³/mol. The normalized spacial score (nSPS) is 11.2. The van der Waals surface area contributed by atoms with Gasteiger partial charge in [-0.25, -0.2) is 0 Å². The van der Waals surface area contributed by atoms with Crippen molar-refractivity contribution in [2.45, 2.75) is 40.2 Å². The maximum atomic E-state index is 12.0. The SMILES string of the molecule is COC(=O)CN(C(=O)CC(C)(C)C(=O)O)C(C)C. The van der Waals surface area contributed by atoms with E-state index in [4.69, 9.17) is 5.11 Å². The zero-order chi connectivity index (χ0) is 14.5. The molecule has 6 heteroatoms. The fourth-order valence-corrected chi connectivity index (χ4v) is 1.32. The van der Waals surface area contributed by atoms with Crippen LogP contribution in [0.1, 0.15) is 34.1 Å². The zero-order valence-electron chi connectivity index (χ0n) is 11.5. The smallest absolute Gasteiger partial charge is 0.325 e. The minimum absolute atomic E-state index is 0.155. The second-order valence-electron chi connectivity index (χ2n) is 5.06. The number of hydrogen-bond acceptors (Lipinski definition) is 4. The molecule has 1 N–H and O–H groups in total. The van der Waals surface area contributed by atoms with Crippen LogP contribution in [0, 0.1) is 5.41 Å². The van der Waals surface area contributed by atoms with Crippen molar-refractivity contribution < 1.29 is 24.2 Å². The van der Waals surface area contributed by atoms with E-state index < -0.39 is 17.4 Å². The van der Waals surface area contributed by atoms with E-state index >= 15 is 0 Å². The monoisotopic (exact) mass is 259 g/mol. The molecule has 0 aromatic heterocycles. The molecule has 0 rings (SSSR count). The highest BCUT2D eigenvalue weighted by atomic mass is 16.5. The summed E-state index contributed by atoms with van der Waals surface area (Å²) in [5.41, 5.74) is -1.15. The minimum atomic E-state index is -1.15. The van der Waals surface area contributed by atoms with Crippen molar-refractivity contribution in [2.75, 3.05) is 13.7 Å². The predicted octanol–water partition coefficient (Wildman–Crippen LogP) is 0.897. The molecule has 0 bridgehead atoms. The van der Waals surface area contributed by atoms with Crippen LogP contribution in [0.25, 0.3) is 0 Å². The molecule has 0 aliphatic heterocycles. The van der Waals surface area contributed by atoms with Gasteiger partial charge in [0.25, 0.3) is 0 Å². The van der Waals surface area contributed by atoms with Crippen LogP contribution in [0.4, 0.5) is 0 Å². The first kappa shape index (κ1) is 16.4. The van der Waals surface area contributed by atoms with Crippen molar-refractivity contribution in [3.05, 3.63) is 0 Å². The summed E-state index contributed by atoms with van der Waals surface area (Å²) in [6.07, 6.45) is -0.155. The number of carbonyl (C=O) groups is 3. The summed E-state index contributed by atoms with van der Waals surface area (Å²) in [5.74, 6) is -1.94. The zero-order valence-corrected chi connectivity index (χ0v) is 11.5. The molecule has 104 valence electrons. The van der Waals surface area contributed by atoms with E-state index in [0.29, 0.717) is 0 Å². The molecule has 0 aromatic rings. The number of nitrogens with zero attached hydrogens (tertiary/aromatic N) is 1. The van der Waals surface area contributed by atoms with E-state index in [9.17, 15) is 14.4 Å². The van der Waals surface area contributed by atoms with Crippen molar-refractivity contribution in [1.29, 1.82) is 0 Å². The number of esters is 1. The van der Waals surface area contributed by atoms with E-state index in [0.717, 1.165) is 0 Å². The highest BCUT2D eigenvalue weighted by molar-refractivity contribution is 5.87. The summed E-state index contributed by atoms with van der Waals surface area (Å²) in [6.45, 7) is 6.31. The Bertz CT molecular complexity index is 335. The molecule has 0 radical (unpaired) electrons. The third-order valence-corrected chi connectivity index (χ3v) is 2.64. The molecule has 0 saturated heterocycles. The molecule has 0 unspecified atom stereocenters. The lowest BCUT2D eigenvalue weighted by atomic mass is 9.89. The number of amides is 1. The van der Waals surface area contributed by atoms with Crippen LogP contribution >= 0.6 is 0 Å². The maximum absolute atomic E-state index is 12.0. The molecule has 0 aliphatic rings. The summed E-state index contributed by atoms with van der Waals surface area (Å²) < 4.78 is 4.51. The first-order chi connectivity index (χ1) is 8.11. The molecule has 18 heavy (non-hydrogen) atoms. The van der Waals surface area contributed by atoms with Crippen LogP contribution in [0.3, 0.4) is 0 Å². The Morgan fingerprint density at radius 3 is 2.11 bits per heavy atom. The highest BCUT2D eigenvalue weighted by Gasteiger charge is 2.33. The topological polar surface area (TPSA) is 83.9 Å². The largest absolute Gasteiger partial charge is 0.481 e. The first-order valence-electron chi connectivity index (χ1n) is 5.71. The Kier molecular flexibility index (Phi) is 5.81. The van der Waals surface area contributed by atoms with Crippen molar-refractivity contribution in [1.82, 2.24) is 4.90 Å². The van der Waals surface area contributed by atoms with Gasteiger partial charge in [0, 0.05) is 12.5 Å². The number of carboxylic acid groups (broad SMARTS) is 1. The summed E-state index contributed by atoms with van der Waals surface area (Å²) >= 11 is 0. The van der Waals surface area contributed by atoms with Crippen LogP contribution in [-0.4, -0.2) is 47.5 Å². The molecule has 1 amide bonds. The molecule has 0 saturated carbocycles. The number of carboxylic acids is 1. The number of rotatable bonds is 6. The molecule has 0 spiro atoms. The quantitative estimate of drug-likeness (QED) is 0.716. The van der Waals surface area contributed by atoms with Gasteiger partial charge < -0.3 is 14.7 Å². The number of carbonyl (C=O) groups excluding carboxylic acids is 2. The average Bonchev–Trinajstić information content (AvgIpc) is 2.23. The second kappa shape index (κ2) is 6.37. The Labute approximate surface area is 107 Å². The van der Waals surface area contributed by atoms with Crippen LogP contribution in [0.5, 0.6) is 0 Å². The number of aliphatic carboxylic acids is 1. The second-order valence-corrected chi connectivity index (χ2v) is 5.06. The molecule has 0 atom stereocenters. The van der Waals surface area contributed by atoms with Gasteiger partial charge in [-0.3, -0.25) is 14.4 Å². The van der Waals surface area contributed by atoms with Crippen LogP contribution < -0.4 is 0 Å². The lowest BCUT2D eigenvalue weighted by molar-refractivity contribution is -0.154. The molecule has 6 nitrogen and oxygen atoms in total. The highest BCUT2D eigenvalue weighted by Crippen LogP contribution is 2.22. The van der Waals surface area contributed by atoms with E-state index in [1.807, 2.05) is 0 Å². The fourth-order valence-electron chi connectivity index (χ4n) is 1.32. The van der Waals surface area contributed by atoms with E-state index in [-0.39, 0.29) is 24.9 Å². The van der Waals surface area contributed by atoms with Crippen LogP contribution in [-0.2, 0) is 19.1 Å². The Morgan fingerprint density at radius 2 is 1.78 bits per heavy atom. The van der Waals surface area contributed by atoms with Crippen molar-refractivity contribution in [2.24, 2.45) is 5.41 Å². The molecule has 0 aromatic carbocycles. The lowest BCUT2D eigenvalue weighted by Crippen LogP contribution is -2.43. The van der Waals surface area contributed by atoms with Gasteiger partial charge >= 0.3 is 11.9 Å². The van der Waals surface area contributed by atoms with Gasteiger partial charge in [-0.05, 0) is 27.7 Å². The maximum Gasteiger partial charge on any atom is 0.325 e. The minimum Gasteiger partial charge on any atom is -0.481 e. The van der Waals surface area contributed by atoms with E-state index in [2.05, 4.69) is 4.74 Å². The number of ether oxygens (including phenoxy) is 1. The van der Waals surface area contributed by atoms with Gasteiger partial charge in [0.15, 0.2) is 0 Å². The van der Waals surface area contributed by atoms with Crippen molar-refractivity contribution >= 4 is 17.8 Å². The standard InChI is InChI=1S/C12H21NO5/c1-8(2)13(7-10(15)18-5)9(14)6-12(3,4)11(16)17/h8H,6-7H2,1-5H3,(H,16,17). The Balaban J connectivity index is 4.79. The average molecular weight is 259 g/mol. The third kappa shape index (κ3) is 4.73. The van der Waals surface area contributed by atoms with Gasteiger partial charge in [-0.2, -0.15) is 0 Å². The summed E-state index contributed by atoms with van der Waals surface area (Å²) in [7, 11) is 1.24. The first-order valence-corrected chi connectivity index (χ1v) is 5.71. The van der Waals surface area contributed by atoms with Gasteiger partial charge in [0.1, 0.15) is 6.54 Å². The molecule has 0 fully saturated rings. The number of hydrogen-bond donors (Lipinski definition) is 1. The third-order valence-electron chi connectivity index (χ3n) is 2.64. The van der Waals surface area contributed by atoms with Gasteiger partial charge in [0.05, 0.1) is 12.5 Å². The summed E-state index contributed by atoms with van der Waals surface area (Å²) in [4.78, 5) is 35.5. The molecular weight excluding hydrogens is 238 g/mol. The lowest BCUT2D eigenvalue weighted by Gasteiger charge is -2.28. The van der Waals surface area contributed by atoms with Gasteiger partial charge in [-0.1, -0.05) is 0 Å². The van der Waals surface area contributed by atoms with Crippen LogP contribution in [0.2, 0.25) is 0 Å². The molecule has 0 aliphatic carbocycles. The Hall–Kier alpha value is -1.59. The van der Waals surface area contributed by atoms with E-state index in [1.54, 1.807) is 13.8 Å².